The van der Waals surface area contributed by atoms with Crippen LogP contribution in [0.2, 0.25) is 5.28 Å². The maximum atomic E-state index is 10.8. The molecule has 11 rings (SSSR count). The first-order valence-electron chi connectivity index (χ1n) is 35.7. The minimum absolute atomic E-state index is 0.00979. The molecule has 610 valence electrons. The minimum atomic E-state index is -3.26. The number of methoxy groups -OCH3 is 4. The highest BCUT2D eigenvalue weighted by Gasteiger charge is 2.26. The van der Waals surface area contributed by atoms with Gasteiger partial charge in [-0.05, 0) is 211 Å². The number of nitrogen functional groups attached to an aromatic ring is 1. The number of likely N-dealkylation sites (N-methyl/N-ethyl adjacent to an activating group) is 5. The molecule has 5 fully saturated rings. The summed E-state index contributed by atoms with van der Waals surface area (Å²) in [7, 11) is 15.7. The van der Waals surface area contributed by atoms with Gasteiger partial charge in [-0.3, -0.25) is 24.4 Å². The third-order valence-electron chi connectivity index (χ3n) is 18.0. The van der Waals surface area contributed by atoms with Gasteiger partial charge in [0.1, 0.15) is 25.6 Å². The number of aromatic hydroxyl groups is 1. The van der Waals surface area contributed by atoms with E-state index in [9.17, 15) is 37.1 Å². The zero-order valence-corrected chi connectivity index (χ0v) is 68.5. The molecule has 0 amide bonds. The predicted octanol–water partition coefficient (Wildman–Crippen LogP) is 9.86. The molecule has 0 radical (unpaired) electrons. The smallest absolute Gasteiger partial charge is 0.273 e. The molecule has 31 nitrogen and oxygen atoms in total. The number of rotatable bonds is 23. The topological polar surface area (TPSA) is 383 Å². The number of aromatic nitrogens is 4. The molecular weight excluding hydrogens is 1500 g/mol. The first kappa shape index (κ1) is 95.4. The van der Waals surface area contributed by atoms with Crippen LogP contribution in [0, 0.1) is 20.2 Å². The van der Waals surface area contributed by atoms with Gasteiger partial charge < -0.3 is 78.7 Å². The summed E-state index contributed by atoms with van der Waals surface area (Å²) in [6.07, 6.45) is 19.7. The molecule has 2 aromatic heterocycles. The zero-order valence-electron chi connectivity index (χ0n) is 65.3. The Labute approximate surface area is 652 Å². The van der Waals surface area contributed by atoms with E-state index in [-0.39, 0.29) is 28.9 Å². The number of nitro benzene ring substituents is 2. The molecule has 5 atom stereocenters. The van der Waals surface area contributed by atoms with Crippen molar-refractivity contribution >= 4 is 58.5 Å². The van der Waals surface area contributed by atoms with Gasteiger partial charge in [0.15, 0.2) is 46.0 Å². The Kier molecular flexibility index (Phi) is 44.5. The average molecular weight is 1610 g/mol. The van der Waals surface area contributed by atoms with Gasteiger partial charge in [-0.25, -0.2) is 28.4 Å². The number of phenols is 1. The number of likely N-dealkylation sites (tertiary alicyclic amines) is 5. The first-order chi connectivity index (χ1) is 51.8. The van der Waals surface area contributed by atoms with Crippen molar-refractivity contribution < 1.29 is 79.3 Å². The third kappa shape index (κ3) is 37.2. The molecule has 35 heteroatoms. The second-order valence-electron chi connectivity index (χ2n) is 25.9. The van der Waals surface area contributed by atoms with Crippen LogP contribution in [0.4, 0.5) is 17.1 Å². The minimum Gasteiger partial charge on any atom is -0.504 e. The van der Waals surface area contributed by atoms with Crippen molar-refractivity contribution in [3.63, 3.8) is 0 Å². The summed E-state index contributed by atoms with van der Waals surface area (Å²) in [5, 5.41) is 46.1. The molecule has 5 aliphatic rings. The van der Waals surface area contributed by atoms with E-state index >= 15 is 0 Å². The van der Waals surface area contributed by atoms with Gasteiger partial charge in [0.2, 0.25) is 14.3 Å². The van der Waals surface area contributed by atoms with Gasteiger partial charge in [0.25, 0.3) is 21.5 Å². The van der Waals surface area contributed by atoms with Gasteiger partial charge in [-0.1, -0.05) is 19.9 Å². The van der Waals surface area contributed by atoms with Crippen molar-refractivity contribution in [3.8, 4) is 46.0 Å². The molecule has 5 saturated heterocycles. The molecule has 109 heavy (non-hydrogen) atoms. The number of nitro groups is 2. The second kappa shape index (κ2) is 50.9. The Morgan fingerprint density at radius 2 is 0.890 bits per heavy atom. The summed E-state index contributed by atoms with van der Waals surface area (Å²) in [5.74, 6) is 4.81. The largest absolute Gasteiger partial charge is 0.504 e. The number of aliphatic hydroxyl groups is 2. The Bertz CT molecular complexity index is 3880. The highest BCUT2D eigenvalue weighted by atomic mass is 35.7. The molecule has 7 heterocycles. The number of hydrogen-bond acceptors (Lipinski definition) is 29. The van der Waals surface area contributed by atoms with Crippen molar-refractivity contribution in [2.24, 2.45) is 0 Å². The maximum Gasteiger partial charge on any atom is 0.273 e. The number of aliphatic hydroxyl groups excluding tert-OH is 2. The number of nitrogens with zero attached hydrogens (tertiary/aromatic N) is 11. The lowest BCUT2D eigenvalue weighted by Crippen LogP contribution is -2.30. The van der Waals surface area contributed by atoms with Gasteiger partial charge in [-0.15, -0.1) is 0 Å². The average Bonchev–Trinajstić information content (AvgIpc) is 1.09. The fourth-order valence-corrected chi connectivity index (χ4v) is 12.2. The highest BCUT2D eigenvalue weighted by Crippen LogP contribution is 2.34. The number of aryl methyl sites for hydroxylation is 2. The number of phenolic OH excluding ortho intramolecular Hbond substituents is 1. The number of hydrogen-bond donors (Lipinski definition) is 4. The van der Waals surface area contributed by atoms with Gasteiger partial charge >= 0.3 is 0 Å². The summed E-state index contributed by atoms with van der Waals surface area (Å²) in [6, 6.07) is 25.5. The zero-order chi connectivity index (χ0) is 81.2. The van der Waals surface area contributed by atoms with E-state index in [1.54, 1.807) is 26.5 Å². The normalized spacial score (nSPS) is 18.2. The third-order valence-corrected chi connectivity index (χ3v) is 18.8. The molecule has 4 aromatic carbocycles. The van der Waals surface area contributed by atoms with Crippen LogP contribution in [0.1, 0.15) is 101 Å². The summed E-state index contributed by atoms with van der Waals surface area (Å²) in [4.78, 5) is 47.9. The van der Waals surface area contributed by atoms with E-state index in [0.29, 0.717) is 86.1 Å². The summed E-state index contributed by atoms with van der Waals surface area (Å²) in [5.41, 5.74) is 9.47. The summed E-state index contributed by atoms with van der Waals surface area (Å²) >= 11 is 5.50. The molecule has 6 aromatic rings. The number of non-ortho nitro benzene ring substituents is 2. The number of benzene rings is 4. The van der Waals surface area contributed by atoms with E-state index in [4.69, 9.17) is 70.0 Å². The van der Waals surface area contributed by atoms with E-state index in [0.717, 1.165) is 143 Å². The lowest BCUT2D eigenvalue weighted by Gasteiger charge is -2.20. The predicted molar refractivity (Wildman–Crippen MR) is 423 cm³/mol. The fourth-order valence-electron chi connectivity index (χ4n) is 11.6. The molecule has 0 bridgehead atoms. The number of anilines is 1. The second-order valence-corrected chi connectivity index (χ2v) is 31.0. The number of nitrogens with two attached hydrogens (primary N) is 1. The lowest BCUT2D eigenvalue weighted by atomic mass is 10.1. The van der Waals surface area contributed by atoms with Crippen molar-refractivity contribution in [3.05, 3.63) is 146 Å². The Hall–Kier alpha value is -7.80. The van der Waals surface area contributed by atoms with Gasteiger partial charge in [-0.2, -0.15) is 8.42 Å². The first-order valence-corrected chi connectivity index (χ1v) is 40.6. The maximum absolute atomic E-state index is 10.8. The van der Waals surface area contributed by atoms with Crippen molar-refractivity contribution in [2.45, 2.75) is 128 Å². The molecule has 0 aliphatic carbocycles. The monoisotopic (exact) mass is 1610 g/mol. The Morgan fingerprint density at radius 3 is 1.25 bits per heavy atom. The summed E-state index contributed by atoms with van der Waals surface area (Å²) in [6.45, 7) is 12.2. The van der Waals surface area contributed by atoms with Crippen LogP contribution in [0.5, 0.6) is 46.0 Å². The fraction of sp³-hybridized carbons (Fsp3) is 0.568. The Balaban J connectivity index is 0.000000334. The van der Waals surface area contributed by atoms with Gasteiger partial charge in [0.05, 0.1) is 76.1 Å². The standard InChI is InChI=1S/C20H27N3O2.C13H18N2O4.C13H20N2O2.C7H7NO4.C7H15NO3S.C6H7ClN2.C6H13NO.CH3ClO2S.CH4O/c1-4-16-9-10-21-20(22-16)13-15-7-8-18(24-3)19(12-15)25-14-17-6-5-11-23(17)2;1-14-7-3-4-11(14)9-19-13-8-10(15(16)17)5-6-12(13)18-2;1-15-7-3-4-11(15)9-17-13-8-10(14)5-6-12(13)16-2;1-12-7-3-2-5(8(10)11)4-6(7)9;1-8-5-3-4-7(8)6-11-12(2,9)10;1-2-5-3-4-8-6(7)9-5;1-7-4-2-3-6(7)5-8;1-5(2,3)4;1-2/h7-10,12,17H,4-6,11,13-14H2,1-3H3;5-6,8,11H,3-4,7,9H2,1-2H3;5-6,8,11H,3-4,7,9,14H2,1-2H3;2-4,9H,1H3;7H,3-6H2,1-2H3;3-4H,2H2,1H3;6,8H,2-5H2,1H3;1H3;2H,1H3. The molecular formula is C74H114Cl2N12O19S2. The molecule has 5 aliphatic heterocycles. The van der Waals surface area contributed by atoms with Crippen LogP contribution in [-0.4, -0.2) is 266 Å². The molecule has 5 N–H and O–H groups in total. The van der Waals surface area contributed by atoms with E-state index < -0.39 is 29.0 Å². The quantitative estimate of drug-likeness (QED) is 0.0116. The Morgan fingerprint density at radius 1 is 0.523 bits per heavy atom. The molecule has 0 saturated carbocycles. The molecule has 0 spiro atoms. The lowest BCUT2D eigenvalue weighted by molar-refractivity contribution is -0.385. The molecule has 5 unspecified atom stereocenters. The van der Waals surface area contributed by atoms with E-state index in [1.807, 2.05) is 56.6 Å². The van der Waals surface area contributed by atoms with Crippen LogP contribution in [0.25, 0.3) is 0 Å². The van der Waals surface area contributed by atoms with Crippen LogP contribution in [0.15, 0.2) is 97.3 Å². The van der Waals surface area contributed by atoms with Crippen LogP contribution in [0.3, 0.4) is 0 Å². The van der Waals surface area contributed by atoms with Crippen molar-refractivity contribution in [1.82, 2.24) is 44.4 Å². The highest BCUT2D eigenvalue weighted by molar-refractivity contribution is 8.13. The van der Waals surface area contributed by atoms with Crippen LogP contribution in [-0.2, 0) is 42.6 Å². The van der Waals surface area contributed by atoms with E-state index in [2.05, 4.69) is 102 Å². The van der Waals surface area contributed by atoms with Gasteiger partial charge in [0, 0.05) is 102 Å². The SMILES string of the molecule is CCc1ccnc(Cc2ccc(OC)c(OCC3CCCN3C)c2)n1.CCc1ccnc(Cl)n1.CN1CCCC1CO.CN1CCCC1COS(C)(=O)=O.CO.COc1ccc(N)cc1OCC1CCCN1C.COc1ccc([N+](=O)[O-])cc1O.COc1ccc([N+](=O)[O-])cc1OCC1CCCN1C.CS(=O)(=O)Cl. The van der Waals surface area contributed by atoms with Crippen LogP contribution < -0.4 is 38.9 Å². The summed E-state index contributed by atoms with van der Waals surface area (Å²) < 4.78 is 83.0. The van der Waals surface area contributed by atoms with E-state index in [1.165, 1.54) is 77.0 Å². The number of halogens is 2. The van der Waals surface area contributed by atoms with Crippen molar-refractivity contribution in [1.29, 1.82) is 0 Å². The van der Waals surface area contributed by atoms with Crippen molar-refractivity contribution in [2.75, 3.05) is 155 Å². The van der Waals surface area contributed by atoms with Crippen LogP contribution >= 0.6 is 22.3 Å². The number of ether oxygens (including phenoxy) is 7.